The molecule has 0 unspecified atom stereocenters. The van der Waals surface area contributed by atoms with E-state index in [1.807, 2.05) is 0 Å². The van der Waals surface area contributed by atoms with Crippen LogP contribution < -0.4 is 5.73 Å². The molecule has 14 heavy (non-hydrogen) atoms. The number of nitrogens with zero attached hydrogens (tertiary/aromatic N) is 1. The lowest BCUT2D eigenvalue weighted by molar-refractivity contribution is 0.325. The highest BCUT2D eigenvalue weighted by molar-refractivity contribution is 5.93. The van der Waals surface area contributed by atoms with E-state index in [0.717, 1.165) is 0 Å². The number of ether oxygens (including phenoxy) is 1. The average Bonchev–Trinajstić information content (AvgIpc) is 2.19. The van der Waals surface area contributed by atoms with Crippen molar-refractivity contribution in [3.05, 3.63) is 28.7 Å². The van der Waals surface area contributed by atoms with Crippen molar-refractivity contribution in [3.8, 4) is 0 Å². The summed E-state index contributed by atoms with van der Waals surface area (Å²) in [5, 5.41) is 10.2. The fourth-order valence-corrected chi connectivity index (χ4v) is 0.992. The van der Waals surface area contributed by atoms with E-state index >= 15 is 0 Å². The van der Waals surface area contributed by atoms with Crippen molar-refractivity contribution in [3.63, 3.8) is 0 Å². The molecule has 1 rings (SSSR count). The van der Waals surface area contributed by atoms with Gasteiger partial charge in [0.15, 0.2) is 0 Å². The Balaban J connectivity index is 3.00. The molecule has 5 nitrogen and oxygen atoms in total. The minimum Gasteiger partial charge on any atom is -0.478 e. The summed E-state index contributed by atoms with van der Waals surface area (Å²) >= 11 is 0. The highest BCUT2D eigenvalue weighted by atomic mass is 16.5. The van der Waals surface area contributed by atoms with Crippen LogP contribution >= 0.6 is 0 Å². The minimum absolute atomic E-state index is 0.0115. The standard InChI is InChI=1S/C9H11N3O2/c1-2-14-9(11)6-3-4-7(10)8(5-6)12-13/h3-5,11H,2,10H2,1H3. The first kappa shape index (κ1) is 10.2. The van der Waals surface area contributed by atoms with Gasteiger partial charge in [-0.05, 0) is 30.3 Å². The van der Waals surface area contributed by atoms with Crippen LogP contribution in [0.1, 0.15) is 12.5 Å². The van der Waals surface area contributed by atoms with Crippen molar-refractivity contribution >= 4 is 17.3 Å². The summed E-state index contributed by atoms with van der Waals surface area (Å²) in [6, 6.07) is 4.57. The van der Waals surface area contributed by atoms with Gasteiger partial charge in [-0.1, -0.05) is 0 Å². The lowest BCUT2D eigenvalue weighted by Crippen LogP contribution is -2.04. The molecule has 0 radical (unpaired) electrons. The minimum atomic E-state index is 0.0115. The maximum Gasteiger partial charge on any atom is 0.213 e. The molecule has 0 spiro atoms. The zero-order valence-electron chi connectivity index (χ0n) is 7.78. The third-order valence-electron chi connectivity index (χ3n) is 1.68. The first-order valence-corrected chi connectivity index (χ1v) is 4.13. The SMILES string of the molecule is CCOC(=N)c1ccc(N)c(N=O)c1. The van der Waals surface area contributed by atoms with Gasteiger partial charge in [-0.3, -0.25) is 5.41 Å². The van der Waals surface area contributed by atoms with Gasteiger partial charge in [0, 0.05) is 5.56 Å². The summed E-state index contributed by atoms with van der Waals surface area (Å²) in [5.74, 6) is 0.0115. The molecule has 0 aliphatic heterocycles. The van der Waals surface area contributed by atoms with Gasteiger partial charge in [0.2, 0.25) is 5.90 Å². The lowest BCUT2D eigenvalue weighted by Gasteiger charge is -2.05. The van der Waals surface area contributed by atoms with Gasteiger partial charge in [-0.15, -0.1) is 4.91 Å². The summed E-state index contributed by atoms with van der Waals surface area (Å²) in [7, 11) is 0. The Labute approximate surface area is 81.4 Å². The number of hydrogen-bond donors (Lipinski definition) is 2. The molecule has 3 N–H and O–H groups in total. The van der Waals surface area contributed by atoms with Gasteiger partial charge in [0.1, 0.15) is 5.69 Å². The van der Waals surface area contributed by atoms with Crippen LogP contribution in [-0.4, -0.2) is 12.5 Å². The molecule has 5 heteroatoms. The van der Waals surface area contributed by atoms with E-state index in [-0.39, 0.29) is 11.6 Å². The van der Waals surface area contributed by atoms with Crippen LogP contribution in [0.4, 0.5) is 11.4 Å². The van der Waals surface area contributed by atoms with Crippen LogP contribution in [0.15, 0.2) is 23.4 Å². The number of nitroso groups, excluding NO2 is 1. The van der Waals surface area contributed by atoms with Crippen molar-refractivity contribution in [2.45, 2.75) is 6.92 Å². The van der Waals surface area contributed by atoms with Gasteiger partial charge in [0.25, 0.3) is 0 Å². The Hall–Kier alpha value is -1.91. The molecular formula is C9H11N3O2. The molecule has 0 aromatic heterocycles. The fourth-order valence-electron chi connectivity index (χ4n) is 0.992. The molecule has 1 aromatic carbocycles. The maximum absolute atomic E-state index is 10.3. The van der Waals surface area contributed by atoms with E-state index in [2.05, 4.69) is 5.18 Å². The Morgan fingerprint density at radius 3 is 2.93 bits per heavy atom. The topological polar surface area (TPSA) is 88.5 Å². The normalized spacial score (nSPS) is 9.50. The number of benzene rings is 1. The number of anilines is 1. The molecule has 0 bridgehead atoms. The second-order valence-corrected chi connectivity index (χ2v) is 2.63. The van der Waals surface area contributed by atoms with Gasteiger partial charge in [-0.2, -0.15) is 0 Å². The molecule has 0 fully saturated rings. The first-order valence-electron chi connectivity index (χ1n) is 4.13. The summed E-state index contributed by atoms with van der Waals surface area (Å²) in [5.41, 5.74) is 6.40. The summed E-state index contributed by atoms with van der Waals surface area (Å²) in [6.45, 7) is 2.19. The van der Waals surface area contributed by atoms with Crippen LogP contribution in [0.3, 0.4) is 0 Å². The molecule has 0 saturated carbocycles. The Bertz CT molecular complexity index is 363. The van der Waals surface area contributed by atoms with Gasteiger partial charge in [-0.25, -0.2) is 0 Å². The van der Waals surface area contributed by atoms with Crippen LogP contribution in [0, 0.1) is 10.3 Å². The molecule has 74 valence electrons. The van der Waals surface area contributed by atoms with E-state index in [0.29, 0.717) is 17.9 Å². The number of nitrogens with two attached hydrogens (primary N) is 1. The molecule has 0 heterocycles. The Morgan fingerprint density at radius 2 is 2.36 bits per heavy atom. The van der Waals surface area contributed by atoms with Crippen molar-refractivity contribution in [1.82, 2.24) is 0 Å². The number of nitrogen functional groups attached to an aromatic ring is 1. The van der Waals surface area contributed by atoms with Crippen molar-refractivity contribution < 1.29 is 4.74 Å². The van der Waals surface area contributed by atoms with E-state index in [1.165, 1.54) is 12.1 Å². The average molecular weight is 193 g/mol. The van der Waals surface area contributed by atoms with Gasteiger partial charge in [0.05, 0.1) is 12.3 Å². The summed E-state index contributed by atoms with van der Waals surface area (Å²) in [6.07, 6.45) is 0. The van der Waals surface area contributed by atoms with Crippen LogP contribution in [-0.2, 0) is 4.74 Å². The molecule has 0 aliphatic rings. The number of rotatable bonds is 3. The summed E-state index contributed by atoms with van der Waals surface area (Å²) < 4.78 is 4.97. The zero-order chi connectivity index (χ0) is 10.6. The van der Waals surface area contributed by atoms with Crippen LogP contribution in [0.5, 0.6) is 0 Å². The van der Waals surface area contributed by atoms with Crippen LogP contribution in [0.25, 0.3) is 0 Å². The highest BCUT2D eigenvalue weighted by Gasteiger charge is 2.05. The molecular weight excluding hydrogens is 182 g/mol. The highest BCUT2D eigenvalue weighted by Crippen LogP contribution is 2.22. The second kappa shape index (κ2) is 4.36. The molecule has 0 atom stereocenters. The quantitative estimate of drug-likeness (QED) is 0.333. The Kier molecular flexibility index (Phi) is 3.17. The largest absolute Gasteiger partial charge is 0.478 e. The van der Waals surface area contributed by atoms with Gasteiger partial charge < -0.3 is 10.5 Å². The fraction of sp³-hybridized carbons (Fsp3) is 0.222. The number of hydrogen-bond acceptors (Lipinski definition) is 5. The predicted molar refractivity (Wildman–Crippen MR) is 54.8 cm³/mol. The second-order valence-electron chi connectivity index (χ2n) is 2.63. The van der Waals surface area contributed by atoms with Gasteiger partial charge >= 0.3 is 0 Å². The maximum atomic E-state index is 10.3. The Morgan fingerprint density at radius 1 is 1.64 bits per heavy atom. The zero-order valence-corrected chi connectivity index (χ0v) is 7.78. The van der Waals surface area contributed by atoms with Crippen molar-refractivity contribution in [2.75, 3.05) is 12.3 Å². The number of nitrogens with one attached hydrogen (secondary N) is 1. The molecule has 0 aliphatic carbocycles. The third-order valence-corrected chi connectivity index (χ3v) is 1.68. The third kappa shape index (κ3) is 2.07. The predicted octanol–water partition coefficient (Wildman–Crippen LogP) is 2.03. The van der Waals surface area contributed by atoms with E-state index in [1.54, 1.807) is 13.0 Å². The van der Waals surface area contributed by atoms with Crippen molar-refractivity contribution in [2.24, 2.45) is 5.18 Å². The molecule has 0 saturated heterocycles. The molecule has 0 amide bonds. The van der Waals surface area contributed by atoms with E-state index < -0.39 is 0 Å². The molecule has 1 aromatic rings. The monoisotopic (exact) mass is 193 g/mol. The van der Waals surface area contributed by atoms with E-state index in [9.17, 15) is 4.91 Å². The smallest absolute Gasteiger partial charge is 0.213 e. The summed E-state index contributed by atoms with van der Waals surface area (Å²) in [4.78, 5) is 10.3. The first-order chi connectivity index (χ1) is 6.69. The van der Waals surface area contributed by atoms with Crippen molar-refractivity contribution in [1.29, 1.82) is 5.41 Å². The lowest BCUT2D eigenvalue weighted by atomic mass is 10.2. The van der Waals surface area contributed by atoms with E-state index in [4.69, 9.17) is 15.9 Å². The van der Waals surface area contributed by atoms with Crippen LogP contribution in [0.2, 0.25) is 0 Å².